The van der Waals surface area contributed by atoms with Gasteiger partial charge in [-0.1, -0.05) is 13.0 Å². The summed E-state index contributed by atoms with van der Waals surface area (Å²) >= 11 is 1.67. The Kier molecular flexibility index (Phi) is 6.52. The maximum Gasteiger partial charge on any atom is 0.321 e. The molecule has 1 rings (SSSR count). The van der Waals surface area contributed by atoms with Crippen molar-refractivity contribution in [3.8, 4) is 0 Å². The smallest absolute Gasteiger partial charge is 0.321 e. The number of urea groups is 1. The van der Waals surface area contributed by atoms with E-state index >= 15 is 0 Å². The van der Waals surface area contributed by atoms with Gasteiger partial charge in [0.05, 0.1) is 6.04 Å². The van der Waals surface area contributed by atoms with Gasteiger partial charge in [0.25, 0.3) is 0 Å². The largest absolute Gasteiger partial charge is 0.338 e. The molecule has 0 aliphatic heterocycles. The van der Waals surface area contributed by atoms with Gasteiger partial charge in [0.2, 0.25) is 5.91 Å². The maximum absolute atomic E-state index is 11.9. The van der Waals surface area contributed by atoms with Gasteiger partial charge >= 0.3 is 6.03 Å². The SMILES string of the molecule is CCNC(=O)NC(=O)C(C)N(CC)Cc1cccs1. The van der Waals surface area contributed by atoms with E-state index in [-0.39, 0.29) is 11.9 Å². The van der Waals surface area contributed by atoms with Crippen molar-refractivity contribution in [2.24, 2.45) is 0 Å². The van der Waals surface area contributed by atoms with Crippen molar-refractivity contribution in [1.29, 1.82) is 0 Å². The molecule has 2 N–H and O–H groups in total. The van der Waals surface area contributed by atoms with E-state index < -0.39 is 6.03 Å². The molecule has 0 saturated heterocycles. The molecular formula is C13H21N3O2S. The van der Waals surface area contributed by atoms with Crippen LogP contribution >= 0.6 is 11.3 Å². The number of carbonyl (C=O) groups excluding carboxylic acids is 2. The summed E-state index contributed by atoms with van der Waals surface area (Å²) in [5.74, 6) is -0.274. The van der Waals surface area contributed by atoms with Crippen molar-refractivity contribution in [1.82, 2.24) is 15.5 Å². The molecule has 1 heterocycles. The summed E-state index contributed by atoms with van der Waals surface area (Å²) in [5, 5.41) is 6.91. The average molecular weight is 283 g/mol. The van der Waals surface area contributed by atoms with Gasteiger partial charge in [-0.25, -0.2) is 4.79 Å². The molecule has 0 aliphatic carbocycles. The Bertz CT molecular complexity index is 406. The molecule has 1 atom stereocenters. The third-order valence-corrected chi connectivity index (χ3v) is 3.71. The molecule has 0 aromatic carbocycles. The summed E-state index contributed by atoms with van der Waals surface area (Å²) in [4.78, 5) is 26.5. The Morgan fingerprint density at radius 3 is 2.68 bits per heavy atom. The normalized spacial score (nSPS) is 12.2. The number of rotatable bonds is 6. The predicted molar refractivity (Wildman–Crippen MR) is 77.1 cm³/mol. The molecule has 0 bridgehead atoms. The second-order valence-corrected chi connectivity index (χ2v) is 5.20. The van der Waals surface area contributed by atoms with Crippen LogP contribution in [0.5, 0.6) is 0 Å². The van der Waals surface area contributed by atoms with E-state index in [1.165, 1.54) is 4.88 Å². The second-order valence-electron chi connectivity index (χ2n) is 4.17. The van der Waals surface area contributed by atoms with Crippen LogP contribution in [0.4, 0.5) is 4.79 Å². The van der Waals surface area contributed by atoms with Crippen molar-refractivity contribution in [2.45, 2.75) is 33.4 Å². The molecule has 19 heavy (non-hydrogen) atoms. The summed E-state index contributed by atoms with van der Waals surface area (Å²) in [6, 6.07) is 3.26. The first kappa shape index (κ1) is 15.7. The first-order valence-electron chi connectivity index (χ1n) is 6.43. The highest BCUT2D eigenvalue weighted by molar-refractivity contribution is 7.09. The van der Waals surface area contributed by atoms with Crippen LogP contribution in [-0.4, -0.2) is 36.0 Å². The molecule has 1 aromatic heterocycles. The zero-order chi connectivity index (χ0) is 14.3. The van der Waals surface area contributed by atoms with Crippen LogP contribution in [0, 0.1) is 0 Å². The zero-order valence-electron chi connectivity index (χ0n) is 11.6. The quantitative estimate of drug-likeness (QED) is 0.837. The summed E-state index contributed by atoms with van der Waals surface area (Å²) in [5.41, 5.74) is 0. The van der Waals surface area contributed by atoms with Crippen molar-refractivity contribution in [3.05, 3.63) is 22.4 Å². The van der Waals surface area contributed by atoms with Crippen LogP contribution in [-0.2, 0) is 11.3 Å². The van der Waals surface area contributed by atoms with Gasteiger partial charge in [-0.05, 0) is 31.8 Å². The molecule has 6 heteroatoms. The number of nitrogens with one attached hydrogen (secondary N) is 2. The first-order chi connectivity index (χ1) is 9.08. The van der Waals surface area contributed by atoms with Gasteiger partial charge in [0, 0.05) is 18.0 Å². The van der Waals surface area contributed by atoms with Crippen LogP contribution in [0.25, 0.3) is 0 Å². The third kappa shape index (κ3) is 5.00. The number of imide groups is 1. The van der Waals surface area contributed by atoms with Crippen LogP contribution in [0.15, 0.2) is 17.5 Å². The fourth-order valence-corrected chi connectivity index (χ4v) is 2.44. The lowest BCUT2D eigenvalue weighted by atomic mass is 10.2. The van der Waals surface area contributed by atoms with Crippen LogP contribution < -0.4 is 10.6 Å². The Labute approximate surface area is 118 Å². The third-order valence-electron chi connectivity index (χ3n) is 2.85. The van der Waals surface area contributed by atoms with E-state index in [4.69, 9.17) is 0 Å². The highest BCUT2D eigenvalue weighted by atomic mass is 32.1. The lowest BCUT2D eigenvalue weighted by molar-refractivity contribution is -0.124. The Morgan fingerprint density at radius 1 is 1.42 bits per heavy atom. The predicted octanol–water partition coefficient (Wildman–Crippen LogP) is 1.80. The van der Waals surface area contributed by atoms with Crippen molar-refractivity contribution in [2.75, 3.05) is 13.1 Å². The number of amides is 3. The van der Waals surface area contributed by atoms with Gasteiger partial charge in [-0.2, -0.15) is 0 Å². The van der Waals surface area contributed by atoms with E-state index in [2.05, 4.69) is 10.6 Å². The Morgan fingerprint density at radius 2 is 2.16 bits per heavy atom. The zero-order valence-corrected chi connectivity index (χ0v) is 12.4. The molecule has 106 valence electrons. The van der Waals surface area contributed by atoms with Crippen molar-refractivity contribution >= 4 is 23.3 Å². The van der Waals surface area contributed by atoms with E-state index in [0.29, 0.717) is 6.54 Å². The van der Waals surface area contributed by atoms with Gasteiger partial charge in [0.15, 0.2) is 0 Å². The highest BCUT2D eigenvalue weighted by Gasteiger charge is 2.21. The fraction of sp³-hybridized carbons (Fsp3) is 0.538. The molecule has 1 aromatic rings. The number of likely N-dealkylation sites (N-methyl/N-ethyl adjacent to an activating group) is 1. The molecular weight excluding hydrogens is 262 g/mol. The summed E-state index contributed by atoms with van der Waals surface area (Å²) in [6.45, 7) is 7.60. The maximum atomic E-state index is 11.9. The molecule has 5 nitrogen and oxygen atoms in total. The second kappa shape index (κ2) is 7.91. The van der Waals surface area contributed by atoms with E-state index in [1.807, 2.05) is 43.2 Å². The number of nitrogens with zero attached hydrogens (tertiary/aromatic N) is 1. The van der Waals surface area contributed by atoms with Crippen LogP contribution in [0.3, 0.4) is 0 Å². The lowest BCUT2D eigenvalue weighted by Crippen LogP contribution is -2.49. The number of carbonyl (C=O) groups is 2. The van der Waals surface area contributed by atoms with Crippen molar-refractivity contribution in [3.63, 3.8) is 0 Å². The Hall–Kier alpha value is -1.40. The minimum atomic E-state index is -0.438. The summed E-state index contributed by atoms with van der Waals surface area (Å²) < 4.78 is 0. The first-order valence-corrected chi connectivity index (χ1v) is 7.31. The topological polar surface area (TPSA) is 61.4 Å². The standard InChI is InChI=1S/C13H21N3O2S/c1-4-14-13(18)15-12(17)10(3)16(5-2)9-11-7-6-8-19-11/h6-8,10H,4-5,9H2,1-3H3,(H2,14,15,17,18). The van der Waals surface area contributed by atoms with E-state index in [0.717, 1.165) is 13.1 Å². The molecule has 1 unspecified atom stereocenters. The molecule has 0 saturated carbocycles. The average Bonchev–Trinajstić information content (AvgIpc) is 2.88. The van der Waals surface area contributed by atoms with Crippen molar-refractivity contribution < 1.29 is 9.59 Å². The van der Waals surface area contributed by atoms with Crippen LogP contribution in [0.1, 0.15) is 25.6 Å². The van der Waals surface area contributed by atoms with Gasteiger partial charge < -0.3 is 5.32 Å². The number of thiophene rings is 1. The summed E-state index contributed by atoms with van der Waals surface area (Å²) in [7, 11) is 0. The van der Waals surface area contributed by atoms with Gasteiger partial charge in [0.1, 0.15) is 0 Å². The number of hydrogen-bond donors (Lipinski definition) is 2. The molecule has 0 aliphatic rings. The molecule has 0 spiro atoms. The number of hydrogen-bond acceptors (Lipinski definition) is 4. The van der Waals surface area contributed by atoms with Gasteiger partial charge in [-0.15, -0.1) is 11.3 Å². The minimum Gasteiger partial charge on any atom is -0.338 e. The summed E-state index contributed by atoms with van der Waals surface area (Å²) in [6.07, 6.45) is 0. The molecule has 3 amide bonds. The lowest BCUT2D eigenvalue weighted by Gasteiger charge is -2.26. The van der Waals surface area contributed by atoms with E-state index in [9.17, 15) is 9.59 Å². The monoisotopic (exact) mass is 283 g/mol. The minimum absolute atomic E-state index is 0.274. The van der Waals surface area contributed by atoms with E-state index in [1.54, 1.807) is 11.3 Å². The molecule has 0 radical (unpaired) electrons. The van der Waals surface area contributed by atoms with Crippen LogP contribution in [0.2, 0.25) is 0 Å². The fourth-order valence-electron chi connectivity index (χ4n) is 1.71. The van der Waals surface area contributed by atoms with Gasteiger partial charge in [-0.3, -0.25) is 15.0 Å². The Balaban J connectivity index is 2.54. The molecule has 0 fully saturated rings. The highest BCUT2D eigenvalue weighted by Crippen LogP contribution is 2.13.